The van der Waals surface area contributed by atoms with Gasteiger partial charge in [-0.1, -0.05) is 13.3 Å². The van der Waals surface area contributed by atoms with Crippen LogP contribution in [0.15, 0.2) is 6.33 Å². The third kappa shape index (κ3) is 2.37. The number of aromatic nitrogens is 3. The summed E-state index contributed by atoms with van der Waals surface area (Å²) in [6.07, 6.45) is 6.67. The summed E-state index contributed by atoms with van der Waals surface area (Å²) < 4.78 is 1.90. The summed E-state index contributed by atoms with van der Waals surface area (Å²) in [5.74, 6) is 1.42. The largest absolute Gasteiger partial charge is 0.392 e. The van der Waals surface area contributed by atoms with Crippen LogP contribution in [0.3, 0.4) is 0 Å². The van der Waals surface area contributed by atoms with Gasteiger partial charge in [0.2, 0.25) is 0 Å². The van der Waals surface area contributed by atoms with E-state index in [0.717, 1.165) is 18.8 Å². The number of aliphatic hydroxyl groups is 1. The highest BCUT2D eigenvalue weighted by Crippen LogP contribution is 2.30. The Morgan fingerprint density at radius 3 is 3.00 bits per heavy atom. The van der Waals surface area contributed by atoms with Gasteiger partial charge in [-0.25, -0.2) is 4.98 Å². The molecule has 15 heavy (non-hydrogen) atoms. The molecule has 4 nitrogen and oxygen atoms in total. The average molecular weight is 209 g/mol. The molecule has 1 N–H and O–H groups in total. The van der Waals surface area contributed by atoms with E-state index >= 15 is 0 Å². The molecule has 0 bridgehead atoms. The van der Waals surface area contributed by atoms with E-state index in [1.807, 2.05) is 4.68 Å². The number of aryl methyl sites for hydroxylation is 1. The van der Waals surface area contributed by atoms with Crippen LogP contribution in [-0.2, 0) is 13.0 Å². The fourth-order valence-corrected chi connectivity index (χ4v) is 2.02. The molecule has 1 aliphatic carbocycles. The Labute approximate surface area is 90.3 Å². The fourth-order valence-electron chi connectivity index (χ4n) is 2.02. The molecule has 1 atom stereocenters. The van der Waals surface area contributed by atoms with Crippen molar-refractivity contribution in [3.8, 4) is 0 Å². The molecule has 0 radical (unpaired) electrons. The molecular weight excluding hydrogens is 190 g/mol. The Hall–Kier alpha value is -0.900. The third-order valence-electron chi connectivity index (χ3n) is 3.22. The second-order valence-corrected chi connectivity index (χ2v) is 4.36. The van der Waals surface area contributed by atoms with Crippen molar-refractivity contribution in [3.63, 3.8) is 0 Å². The lowest BCUT2D eigenvalue weighted by molar-refractivity contribution is 0.0605. The summed E-state index contributed by atoms with van der Waals surface area (Å²) in [6, 6.07) is 0. The maximum Gasteiger partial charge on any atom is 0.138 e. The predicted octanol–water partition coefficient (Wildman–Crippen LogP) is 1.39. The van der Waals surface area contributed by atoms with Crippen molar-refractivity contribution < 1.29 is 5.11 Å². The van der Waals surface area contributed by atoms with Gasteiger partial charge in [0.1, 0.15) is 12.2 Å². The average Bonchev–Trinajstić information content (AvgIpc) is 2.50. The molecule has 0 spiro atoms. The molecule has 0 saturated heterocycles. The highest BCUT2D eigenvalue weighted by Gasteiger charge is 2.26. The van der Waals surface area contributed by atoms with E-state index in [1.54, 1.807) is 6.33 Å². The zero-order chi connectivity index (χ0) is 10.7. The molecule has 4 heteroatoms. The fraction of sp³-hybridized carbons (Fsp3) is 0.818. The van der Waals surface area contributed by atoms with E-state index in [1.165, 1.54) is 19.3 Å². The van der Waals surface area contributed by atoms with Crippen LogP contribution < -0.4 is 0 Å². The Morgan fingerprint density at radius 2 is 2.40 bits per heavy atom. The van der Waals surface area contributed by atoms with Crippen LogP contribution in [0.2, 0.25) is 0 Å². The first-order chi connectivity index (χ1) is 7.31. The van der Waals surface area contributed by atoms with Crippen LogP contribution in [0.4, 0.5) is 0 Å². The van der Waals surface area contributed by atoms with E-state index < -0.39 is 0 Å². The Kier molecular flexibility index (Phi) is 3.36. The predicted molar refractivity (Wildman–Crippen MR) is 57.4 cm³/mol. The van der Waals surface area contributed by atoms with Crippen molar-refractivity contribution in [3.05, 3.63) is 12.2 Å². The minimum absolute atomic E-state index is 0.224. The molecule has 1 saturated carbocycles. The Morgan fingerprint density at radius 1 is 1.60 bits per heavy atom. The first-order valence-corrected chi connectivity index (χ1v) is 5.86. The van der Waals surface area contributed by atoms with E-state index in [4.69, 9.17) is 0 Å². The summed E-state index contributed by atoms with van der Waals surface area (Å²) in [5, 5.41) is 14.1. The van der Waals surface area contributed by atoms with Gasteiger partial charge in [-0.2, -0.15) is 5.10 Å². The van der Waals surface area contributed by atoms with Crippen molar-refractivity contribution in [1.29, 1.82) is 0 Å². The summed E-state index contributed by atoms with van der Waals surface area (Å²) in [4.78, 5) is 4.21. The van der Waals surface area contributed by atoms with Gasteiger partial charge in [-0.15, -0.1) is 0 Å². The van der Waals surface area contributed by atoms with E-state index in [9.17, 15) is 5.11 Å². The highest BCUT2D eigenvalue weighted by molar-refractivity contribution is 4.91. The molecule has 0 amide bonds. The van der Waals surface area contributed by atoms with Crippen molar-refractivity contribution in [2.45, 2.75) is 51.7 Å². The van der Waals surface area contributed by atoms with Gasteiger partial charge in [-0.3, -0.25) is 4.68 Å². The lowest BCUT2D eigenvalue weighted by atomic mass is 9.80. The molecular formula is C11H19N3O. The van der Waals surface area contributed by atoms with Gasteiger partial charge in [0.25, 0.3) is 0 Å². The zero-order valence-corrected chi connectivity index (χ0v) is 9.26. The third-order valence-corrected chi connectivity index (χ3v) is 3.22. The van der Waals surface area contributed by atoms with Crippen LogP contribution in [0, 0.1) is 5.92 Å². The van der Waals surface area contributed by atoms with Gasteiger partial charge in [-0.05, 0) is 25.2 Å². The van der Waals surface area contributed by atoms with E-state index in [-0.39, 0.29) is 6.10 Å². The molecule has 0 aliphatic heterocycles. The minimum atomic E-state index is -0.224. The normalized spacial score (nSPS) is 18.8. The Bertz CT molecular complexity index is 307. The monoisotopic (exact) mass is 209 g/mol. The number of hydrogen-bond acceptors (Lipinski definition) is 3. The maximum atomic E-state index is 9.95. The summed E-state index contributed by atoms with van der Waals surface area (Å²) in [5.41, 5.74) is 0. The van der Waals surface area contributed by atoms with Gasteiger partial charge in [0.05, 0.1) is 6.10 Å². The second kappa shape index (κ2) is 4.75. The SMILES string of the molecule is CCCn1ncnc1CC(O)C1CCC1. The summed E-state index contributed by atoms with van der Waals surface area (Å²) in [7, 11) is 0. The molecule has 0 aromatic carbocycles. The molecule has 1 unspecified atom stereocenters. The number of hydrogen-bond donors (Lipinski definition) is 1. The standard InChI is InChI=1S/C11H19N3O/c1-2-6-14-11(12-8-13-14)7-10(15)9-4-3-5-9/h8-10,15H,2-7H2,1H3. The first kappa shape index (κ1) is 10.6. The van der Waals surface area contributed by atoms with Crippen LogP contribution in [-0.4, -0.2) is 26.0 Å². The van der Waals surface area contributed by atoms with Crippen LogP contribution in [0.5, 0.6) is 0 Å². The lowest BCUT2D eigenvalue weighted by Crippen LogP contribution is -2.29. The van der Waals surface area contributed by atoms with Crippen molar-refractivity contribution in [1.82, 2.24) is 14.8 Å². The summed E-state index contributed by atoms with van der Waals surface area (Å²) in [6.45, 7) is 3.01. The quantitative estimate of drug-likeness (QED) is 0.797. The highest BCUT2D eigenvalue weighted by atomic mass is 16.3. The molecule has 1 aromatic heterocycles. The molecule has 2 rings (SSSR count). The van der Waals surface area contributed by atoms with Crippen LogP contribution in [0.1, 0.15) is 38.4 Å². The van der Waals surface area contributed by atoms with Crippen LogP contribution in [0.25, 0.3) is 0 Å². The van der Waals surface area contributed by atoms with Gasteiger partial charge in [0, 0.05) is 13.0 Å². The zero-order valence-electron chi connectivity index (χ0n) is 9.26. The van der Waals surface area contributed by atoms with E-state index in [0.29, 0.717) is 12.3 Å². The minimum Gasteiger partial charge on any atom is -0.392 e. The lowest BCUT2D eigenvalue weighted by Gasteiger charge is -2.29. The van der Waals surface area contributed by atoms with Gasteiger partial charge >= 0.3 is 0 Å². The molecule has 1 fully saturated rings. The number of aliphatic hydroxyl groups excluding tert-OH is 1. The summed E-state index contributed by atoms with van der Waals surface area (Å²) >= 11 is 0. The first-order valence-electron chi connectivity index (χ1n) is 5.86. The van der Waals surface area contributed by atoms with Crippen molar-refractivity contribution in [2.24, 2.45) is 5.92 Å². The molecule has 1 aromatic rings. The Balaban J connectivity index is 1.93. The van der Waals surface area contributed by atoms with Gasteiger partial charge < -0.3 is 5.11 Å². The van der Waals surface area contributed by atoms with E-state index in [2.05, 4.69) is 17.0 Å². The van der Waals surface area contributed by atoms with Crippen molar-refractivity contribution >= 4 is 0 Å². The maximum absolute atomic E-state index is 9.95. The number of rotatable bonds is 5. The number of nitrogens with zero attached hydrogens (tertiary/aromatic N) is 3. The van der Waals surface area contributed by atoms with Crippen molar-refractivity contribution in [2.75, 3.05) is 0 Å². The van der Waals surface area contributed by atoms with Crippen LogP contribution >= 0.6 is 0 Å². The van der Waals surface area contributed by atoms with Gasteiger partial charge in [0.15, 0.2) is 0 Å². The topological polar surface area (TPSA) is 50.9 Å². The smallest absolute Gasteiger partial charge is 0.138 e. The second-order valence-electron chi connectivity index (χ2n) is 4.36. The molecule has 84 valence electrons. The molecule has 1 aliphatic rings. The molecule has 1 heterocycles.